The lowest BCUT2D eigenvalue weighted by Gasteiger charge is -2.21. The van der Waals surface area contributed by atoms with Gasteiger partial charge in [0.15, 0.2) is 0 Å². The number of amides is 2. The van der Waals surface area contributed by atoms with Gasteiger partial charge in [-0.15, -0.1) is 0 Å². The van der Waals surface area contributed by atoms with E-state index in [1.807, 2.05) is 36.1 Å². The Morgan fingerprint density at radius 3 is 2.96 bits per heavy atom. The van der Waals surface area contributed by atoms with E-state index in [1.54, 1.807) is 10.9 Å². The second kappa shape index (κ2) is 6.35. The van der Waals surface area contributed by atoms with E-state index in [9.17, 15) is 4.79 Å². The summed E-state index contributed by atoms with van der Waals surface area (Å²) in [6.07, 6.45) is 2.87. The molecule has 4 rings (SSSR count). The van der Waals surface area contributed by atoms with Crippen molar-refractivity contribution in [3.63, 3.8) is 0 Å². The molecule has 7 heteroatoms. The topological polar surface area (TPSA) is 53.4 Å². The molecular weight excluding hydrogens is 338 g/mol. The molecule has 6 nitrogen and oxygen atoms in total. The second-order valence-corrected chi connectivity index (χ2v) is 7.40. The number of fused-ring (bicyclic) bond motifs is 1. The molecule has 1 aromatic carbocycles. The molecule has 2 aliphatic heterocycles. The fourth-order valence-corrected chi connectivity index (χ4v) is 4.12. The van der Waals surface area contributed by atoms with Crippen molar-refractivity contribution in [1.82, 2.24) is 19.6 Å². The highest BCUT2D eigenvalue weighted by Crippen LogP contribution is 2.30. The number of nitrogens with one attached hydrogen (secondary N) is 1. The van der Waals surface area contributed by atoms with Gasteiger partial charge in [-0.25, -0.2) is 9.48 Å². The van der Waals surface area contributed by atoms with Crippen LogP contribution in [0.15, 0.2) is 30.5 Å². The lowest BCUT2D eigenvalue weighted by molar-refractivity contribution is 0.213. The third kappa shape index (κ3) is 3.00. The van der Waals surface area contributed by atoms with E-state index in [2.05, 4.69) is 22.4 Å². The van der Waals surface area contributed by atoms with Gasteiger partial charge in [0.25, 0.3) is 0 Å². The van der Waals surface area contributed by atoms with Crippen LogP contribution in [0.4, 0.5) is 10.5 Å². The molecule has 0 radical (unpaired) electrons. The molecule has 132 valence electrons. The maximum Gasteiger partial charge on any atom is 0.322 e. The lowest BCUT2D eigenvalue weighted by atomic mass is 10.1. The largest absolute Gasteiger partial charge is 0.323 e. The monoisotopic (exact) mass is 359 g/mol. The fourth-order valence-electron chi connectivity index (χ4n) is 3.93. The number of carbonyl (C=O) groups excluding carboxylic acids is 1. The number of halogens is 1. The standard InChI is InChI=1S/C18H22ClN5O/c1-12-16(9-20-24(12)15-5-3-4-14(19)8-15)21-18(25)23-10-13-6-7-22(2)17(13)11-23/h3-5,8-9,13,17H,6-7,10-11H2,1-2H3,(H,21,25)/t13-,17+/m1/s1. The van der Waals surface area contributed by atoms with E-state index in [-0.39, 0.29) is 6.03 Å². The van der Waals surface area contributed by atoms with Crippen LogP contribution in [-0.2, 0) is 0 Å². The second-order valence-electron chi connectivity index (χ2n) is 6.97. The summed E-state index contributed by atoms with van der Waals surface area (Å²) in [5, 5.41) is 8.06. The SMILES string of the molecule is Cc1c(NC(=O)N2C[C@H]3CCN(C)[C@H]3C2)cnn1-c1cccc(Cl)c1. The van der Waals surface area contributed by atoms with Crippen LogP contribution in [0.2, 0.25) is 5.02 Å². The number of urea groups is 1. The molecule has 2 amide bonds. The Kier molecular flexibility index (Phi) is 4.17. The predicted molar refractivity (Wildman–Crippen MR) is 98.4 cm³/mol. The predicted octanol–water partition coefficient (Wildman–Crippen LogP) is 3.00. The van der Waals surface area contributed by atoms with E-state index < -0.39 is 0 Å². The van der Waals surface area contributed by atoms with Crippen molar-refractivity contribution in [2.24, 2.45) is 5.92 Å². The first kappa shape index (κ1) is 16.4. The summed E-state index contributed by atoms with van der Waals surface area (Å²) >= 11 is 6.06. The minimum absolute atomic E-state index is 0.0449. The minimum Gasteiger partial charge on any atom is -0.323 e. The van der Waals surface area contributed by atoms with Crippen LogP contribution < -0.4 is 5.32 Å². The molecule has 1 aromatic heterocycles. The molecule has 0 unspecified atom stereocenters. The molecule has 0 saturated carbocycles. The third-order valence-electron chi connectivity index (χ3n) is 5.42. The number of benzene rings is 1. The molecule has 2 aliphatic rings. The van der Waals surface area contributed by atoms with Crippen molar-refractivity contribution in [3.05, 3.63) is 41.2 Å². The van der Waals surface area contributed by atoms with Gasteiger partial charge in [0.2, 0.25) is 0 Å². The normalized spacial score (nSPS) is 23.1. The van der Waals surface area contributed by atoms with Crippen LogP contribution in [0.3, 0.4) is 0 Å². The Labute approximate surface area is 152 Å². The van der Waals surface area contributed by atoms with E-state index in [0.717, 1.165) is 36.7 Å². The van der Waals surface area contributed by atoms with Gasteiger partial charge in [-0.1, -0.05) is 17.7 Å². The Bertz CT molecular complexity index is 805. The zero-order valence-corrected chi connectivity index (χ0v) is 15.2. The number of anilines is 1. The molecular formula is C18H22ClN5O. The lowest BCUT2D eigenvalue weighted by Crippen LogP contribution is -2.37. The molecule has 2 fully saturated rings. The van der Waals surface area contributed by atoms with Crippen LogP contribution in [0.1, 0.15) is 12.1 Å². The van der Waals surface area contributed by atoms with Crippen molar-refractivity contribution in [1.29, 1.82) is 0 Å². The van der Waals surface area contributed by atoms with Gasteiger partial charge >= 0.3 is 6.03 Å². The van der Waals surface area contributed by atoms with Gasteiger partial charge in [-0.3, -0.25) is 0 Å². The Morgan fingerprint density at radius 2 is 2.20 bits per heavy atom. The molecule has 0 aliphatic carbocycles. The van der Waals surface area contributed by atoms with Crippen molar-refractivity contribution in [2.45, 2.75) is 19.4 Å². The minimum atomic E-state index is -0.0449. The van der Waals surface area contributed by atoms with E-state index in [4.69, 9.17) is 11.6 Å². The van der Waals surface area contributed by atoms with Gasteiger partial charge < -0.3 is 15.1 Å². The van der Waals surface area contributed by atoms with Crippen molar-refractivity contribution in [2.75, 3.05) is 32.0 Å². The number of carbonyl (C=O) groups is 1. The zero-order valence-electron chi connectivity index (χ0n) is 14.4. The molecule has 1 N–H and O–H groups in total. The van der Waals surface area contributed by atoms with Gasteiger partial charge in [-0.2, -0.15) is 5.10 Å². The summed E-state index contributed by atoms with van der Waals surface area (Å²) in [7, 11) is 2.14. The molecule has 2 saturated heterocycles. The van der Waals surface area contributed by atoms with Crippen LogP contribution in [0, 0.1) is 12.8 Å². The Balaban J connectivity index is 1.48. The summed E-state index contributed by atoms with van der Waals surface area (Å²) in [6, 6.07) is 7.96. The molecule has 0 spiro atoms. The highest BCUT2D eigenvalue weighted by Gasteiger charge is 2.41. The number of hydrogen-bond acceptors (Lipinski definition) is 3. The molecule has 2 aromatic rings. The molecule has 25 heavy (non-hydrogen) atoms. The quantitative estimate of drug-likeness (QED) is 0.896. The average molecular weight is 360 g/mol. The first-order valence-electron chi connectivity index (χ1n) is 8.59. The van der Waals surface area contributed by atoms with E-state index in [0.29, 0.717) is 17.0 Å². The number of nitrogens with zero attached hydrogens (tertiary/aromatic N) is 4. The Hall–Kier alpha value is -2.05. The first-order valence-corrected chi connectivity index (χ1v) is 8.97. The van der Waals surface area contributed by atoms with Gasteiger partial charge in [-0.05, 0) is 51.1 Å². The van der Waals surface area contributed by atoms with Crippen molar-refractivity contribution < 1.29 is 4.79 Å². The summed E-state index contributed by atoms with van der Waals surface area (Å²) in [6.45, 7) is 4.71. The maximum absolute atomic E-state index is 12.6. The summed E-state index contributed by atoms with van der Waals surface area (Å²) < 4.78 is 1.79. The highest BCUT2D eigenvalue weighted by molar-refractivity contribution is 6.30. The van der Waals surface area contributed by atoms with Crippen LogP contribution in [-0.4, -0.2) is 58.3 Å². The van der Waals surface area contributed by atoms with Crippen LogP contribution in [0.25, 0.3) is 5.69 Å². The number of hydrogen-bond donors (Lipinski definition) is 1. The van der Waals surface area contributed by atoms with Crippen molar-refractivity contribution in [3.8, 4) is 5.69 Å². The van der Waals surface area contributed by atoms with E-state index >= 15 is 0 Å². The fraction of sp³-hybridized carbons (Fsp3) is 0.444. The number of aromatic nitrogens is 2. The molecule has 0 bridgehead atoms. The maximum atomic E-state index is 12.6. The molecule has 2 atom stereocenters. The van der Waals surface area contributed by atoms with Crippen LogP contribution in [0.5, 0.6) is 0 Å². The van der Waals surface area contributed by atoms with Gasteiger partial charge in [0.05, 0.1) is 23.3 Å². The van der Waals surface area contributed by atoms with Gasteiger partial charge in [0, 0.05) is 24.2 Å². The number of likely N-dealkylation sites (N-methyl/N-ethyl adjacent to an activating group) is 1. The number of likely N-dealkylation sites (tertiary alicyclic amines) is 2. The molecule has 3 heterocycles. The summed E-state index contributed by atoms with van der Waals surface area (Å²) in [5.74, 6) is 0.603. The first-order chi connectivity index (χ1) is 12.0. The number of rotatable bonds is 2. The summed E-state index contributed by atoms with van der Waals surface area (Å²) in [5.41, 5.74) is 2.49. The zero-order chi connectivity index (χ0) is 17.6. The van der Waals surface area contributed by atoms with E-state index in [1.165, 1.54) is 6.42 Å². The van der Waals surface area contributed by atoms with Crippen molar-refractivity contribution >= 4 is 23.3 Å². The highest BCUT2D eigenvalue weighted by atomic mass is 35.5. The smallest absolute Gasteiger partial charge is 0.322 e. The average Bonchev–Trinajstić information content (AvgIpc) is 3.25. The summed E-state index contributed by atoms with van der Waals surface area (Å²) in [4.78, 5) is 16.9. The van der Waals surface area contributed by atoms with Crippen LogP contribution >= 0.6 is 11.6 Å². The van der Waals surface area contributed by atoms with Gasteiger partial charge in [0.1, 0.15) is 0 Å². The third-order valence-corrected chi connectivity index (χ3v) is 5.65. The Morgan fingerprint density at radius 1 is 1.36 bits per heavy atom.